The van der Waals surface area contributed by atoms with E-state index in [4.69, 9.17) is 14.2 Å². The number of carbonyl (C=O) groups is 1. The van der Waals surface area contributed by atoms with Gasteiger partial charge in [0, 0.05) is 12.0 Å². The molecule has 0 aromatic heterocycles. The zero-order valence-electron chi connectivity index (χ0n) is 29.1. The molecule has 0 spiro atoms. The zero-order valence-corrected chi connectivity index (χ0v) is 30.9. The molecule has 0 unspecified atom stereocenters. The highest BCUT2D eigenvalue weighted by molar-refractivity contribution is 7.80. The van der Waals surface area contributed by atoms with Crippen molar-refractivity contribution < 1.29 is 19.0 Å². The molecular formula is C45H44O4P2. The molecule has 1 fully saturated rings. The van der Waals surface area contributed by atoms with Gasteiger partial charge in [0.2, 0.25) is 5.79 Å². The van der Waals surface area contributed by atoms with E-state index >= 15 is 0 Å². The normalized spacial score (nSPS) is 17.9. The molecule has 0 aliphatic heterocycles. The van der Waals surface area contributed by atoms with E-state index in [2.05, 4.69) is 158 Å². The third-order valence-corrected chi connectivity index (χ3v) is 14.6. The molecule has 0 saturated heterocycles. The Morgan fingerprint density at radius 2 is 1.14 bits per heavy atom. The molecule has 5 aromatic carbocycles. The quantitative estimate of drug-likeness (QED) is 0.0741. The number of hydrogen-bond donors (Lipinski definition) is 0. The zero-order chi connectivity index (χ0) is 34.9. The van der Waals surface area contributed by atoms with Gasteiger partial charge in [-0.1, -0.05) is 177 Å². The van der Waals surface area contributed by atoms with E-state index in [1.807, 2.05) is 0 Å². The SMILES string of the molecule is COC(=O)CO[C@]1(OC2CCCCC2)CC=CC(P(c2ccccc2)c2ccccc2)=C1c1ccccc1P(c1ccccc1)c1ccccc1. The maximum Gasteiger partial charge on any atom is 0.331 e. The molecule has 1 saturated carbocycles. The minimum atomic E-state index is -1.21. The summed E-state index contributed by atoms with van der Waals surface area (Å²) in [5.41, 5.74) is 2.10. The maximum atomic E-state index is 12.9. The Labute approximate surface area is 304 Å². The van der Waals surface area contributed by atoms with E-state index < -0.39 is 27.6 Å². The highest BCUT2D eigenvalue weighted by Crippen LogP contribution is 2.55. The smallest absolute Gasteiger partial charge is 0.331 e. The van der Waals surface area contributed by atoms with Crippen molar-refractivity contribution in [3.63, 3.8) is 0 Å². The number of methoxy groups -OCH3 is 1. The summed E-state index contributed by atoms with van der Waals surface area (Å²) in [5.74, 6) is -1.64. The van der Waals surface area contributed by atoms with Gasteiger partial charge in [0.05, 0.1) is 13.2 Å². The average Bonchev–Trinajstić information content (AvgIpc) is 3.20. The van der Waals surface area contributed by atoms with Crippen LogP contribution in [0.5, 0.6) is 0 Å². The van der Waals surface area contributed by atoms with Crippen molar-refractivity contribution in [1.29, 1.82) is 0 Å². The number of hydrogen-bond acceptors (Lipinski definition) is 4. The van der Waals surface area contributed by atoms with Crippen molar-refractivity contribution in [1.82, 2.24) is 0 Å². The van der Waals surface area contributed by atoms with Crippen LogP contribution in [0.4, 0.5) is 0 Å². The van der Waals surface area contributed by atoms with Gasteiger partial charge >= 0.3 is 5.97 Å². The third kappa shape index (κ3) is 8.01. The summed E-state index contributed by atoms with van der Waals surface area (Å²) in [6, 6.07) is 52.0. The fourth-order valence-electron chi connectivity index (χ4n) is 7.24. The first-order valence-corrected chi connectivity index (χ1v) is 20.5. The Hall–Kier alpha value is -4.17. The van der Waals surface area contributed by atoms with Crippen molar-refractivity contribution in [2.75, 3.05) is 13.7 Å². The summed E-state index contributed by atoms with van der Waals surface area (Å²) in [6.07, 6.45) is 10.3. The maximum absolute atomic E-state index is 12.9. The molecule has 0 N–H and O–H groups in total. The number of rotatable bonds is 12. The minimum Gasteiger partial charge on any atom is -0.467 e. The lowest BCUT2D eigenvalue weighted by Gasteiger charge is -2.43. The van der Waals surface area contributed by atoms with Crippen molar-refractivity contribution in [3.05, 3.63) is 169 Å². The first-order chi connectivity index (χ1) is 25.2. The molecule has 2 aliphatic rings. The summed E-state index contributed by atoms with van der Waals surface area (Å²) in [6.45, 7) is -0.212. The average molecular weight is 711 g/mol. The van der Waals surface area contributed by atoms with Gasteiger partial charge < -0.3 is 14.2 Å². The highest BCUT2D eigenvalue weighted by atomic mass is 31.1. The molecule has 0 heterocycles. The largest absolute Gasteiger partial charge is 0.467 e. The second-order valence-electron chi connectivity index (χ2n) is 12.9. The lowest BCUT2D eigenvalue weighted by atomic mass is 9.89. The van der Waals surface area contributed by atoms with Crippen LogP contribution < -0.4 is 26.5 Å². The van der Waals surface area contributed by atoms with E-state index in [1.165, 1.54) is 40.1 Å². The van der Waals surface area contributed by atoms with E-state index in [-0.39, 0.29) is 12.7 Å². The standard InChI is InChI=1S/C45H44O4P2/c1-47-43(46)34-48-45(49-35-20-7-2-8-21-35)33-19-32-42(51(38-26-13-5-14-27-38)39-28-15-6-16-29-39)44(45)40-30-17-18-31-41(40)50(36-22-9-3-10-23-36)37-24-11-4-12-25-37/h3-6,9-19,22-32,35H,2,7-8,20-21,33-34H2,1H3/t45-/m0/s1. The number of carbonyl (C=O) groups excluding carboxylic acids is 1. The van der Waals surface area contributed by atoms with Gasteiger partial charge in [-0.3, -0.25) is 0 Å². The highest BCUT2D eigenvalue weighted by Gasteiger charge is 2.45. The molecule has 258 valence electrons. The molecule has 6 heteroatoms. The van der Waals surface area contributed by atoms with E-state index in [0.717, 1.165) is 42.1 Å². The van der Waals surface area contributed by atoms with Gasteiger partial charge in [-0.05, 0) is 66.1 Å². The van der Waals surface area contributed by atoms with Crippen LogP contribution in [0.2, 0.25) is 0 Å². The molecule has 0 bridgehead atoms. The van der Waals surface area contributed by atoms with Crippen molar-refractivity contribution in [2.45, 2.75) is 50.4 Å². The van der Waals surface area contributed by atoms with Crippen molar-refractivity contribution in [2.24, 2.45) is 0 Å². The summed E-state index contributed by atoms with van der Waals surface area (Å²) >= 11 is 0. The topological polar surface area (TPSA) is 44.8 Å². The molecule has 7 rings (SSSR count). The third-order valence-electron chi connectivity index (χ3n) is 9.57. The molecule has 0 radical (unpaired) electrons. The summed E-state index contributed by atoms with van der Waals surface area (Å²) in [4.78, 5) is 12.9. The predicted molar refractivity (Wildman–Crippen MR) is 214 cm³/mol. The Morgan fingerprint density at radius 3 is 1.67 bits per heavy atom. The number of benzene rings is 5. The number of allylic oxidation sites excluding steroid dienone is 2. The monoisotopic (exact) mass is 710 g/mol. The van der Waals surface area contributed by atoms with Gasteiger partial charge in [0.1, 0.15) is 6.61 Å². The van der Waals surface area contributed by atoms with Crippen molar-refractivity contribution in [3.8, 4) is 0 Å². The van der Waals surface area contributed by atoms with E-state index in [9.17, 15) is 4.79 Å². The lowest BCUT2D eigenvalue weighted by molar-refractivity contribution is -0.227. The molecule has 51 heavy (non-hydrogen) atoms. The predicted octanol–water partition coefficient (Wildman–Crippen LogP) is 8.48. The van der Waals surface area contributed by atoms with Gasteiger partial charge in [0.15, 0.2) is 0 Å². The second-order valence-corrected chi connectivity index (χ2v) is 17.3. The molecule has 5 aromatic rings. The fraction of sp³-hybridized carbons (Fsp3) is 0.222. The van der Waals surface area contributed by atoms with Crippen LogP contribution in [0.25, 0.3) is 5.57 Å². The van der Waals surface area contributed by atoms with Crippen LogP contribution in [0.3, 0.4) is 0 Å². The van der Waals surface area contributed by atoms with Gasteiger partial charge in [-0.25, -0.2) is 4.79 Å². The Balaban J connectivity index is 1.54. The molecule has 4 nitrogen and oxygen atoms in total. The number of esters is 1. The van der Waals surface area contributed by atoms with Crippen molar-refractivity contribution >= 4 is 53.9 Å². The summed E-state index contributed by atoms with van der Waals surface area (Å²) < 4.78 is 19.4. The van der Waals surface area contributed by atoms with Crippen LogP contribution >= 0.6 is 15.8 Å². The van der Waals surface area contributed by atoms with Crippen LogP contribution in [0.1, 0.15) is 44.1 Å². The molecule has 0 amide bonds. The Kier molecular flexibility index (Phi) is 11.7. The Morgan fingerprint density at radius 1 is 0.647 bits per heavy atom. The summed E-state index contributed by atoms with van der Waals surface area (Å²) in [5, 5.41) is 7.40. The van der Waals surface area contributed by atoms with Crippen LogP contribution in [-0.2, 0) is 19.0 Å². The fourth-order valence-corrected chi connectivity index (χ4v) is 12.3. The number of ether oxygens (including phenoxy) is 3. The van der Waals surface area contributed by atoms with Crippen LogP contribution in [0.15, 0.2) is 163 Å². The van der Waals surface area contributed by atoms with Gasteiger partial charge in [-0.15, -0.1) is 0 Å². The van der Waals surface area contributed by atoms with E-state index in [0.29, 0.717) is 6.42 Å². The lowest BCUT2D eigenvalue weighted by Crippen LogP contribution is -2.45. The second kappa shape index (κ2) is 16.9. The Bertz CT molecular complexity index is 1860. The van der Waals surface area contributed by atoms with E-state index in [1.54, 1.807) is 0 Å². The molecule has 1 atom stereocenters. The van der Waals surface area contributed by atoms with Gasteiger partial charge in [0.25, 0.3) is 0 Å². The first kappa shape index (κ1) is 35.2. The molecular weight excluding hydrogens is 666 g/mol. The van der Waals surface area contributed by atoms with Crippen LogP contribution in [0, 0.1) is 0 Å². The molecule has 2 aliphatic carbocycles. The summed E-state index contributed by atoms with van der Waals surface area (Å²) in [7, 11) is -0.625. The van der Waals surface area contributed by atoms with Gasteiger partial charge in [-0.2, -0.15) is 0 Å². The minimum absolute atomic E-state index is 0.00995. The van der Waals surface area contributed by atoms with Crippen LogP contribution in [-0.4, -0.2) is 31.6 Å². The first-order valence-electron chi connectivity index (χ1n) is 17.9.